The number of amides is 1. The molecular weight excluding hydrogens is 270 g/mol. The van der Waals surface area contributed by atoms with Gasteiger partial charge in [0.25, 0.3) is 0 Å². The molecule has 0 saturated heterocycles. The van der Waals surface area contributed by atoms with Gasteiger partial charge in [-0.25, -0.2) is 0 Å². The van der Waals surface area contributed by atoms with Crippen molar-refractivity contribution in [3.05, 3.63) is 0 Å². The lowest BCUT2D eigenvalue weighted by Crippen LogP contribution is -2.43. The van der Waals surface area contributed by atoms with Crippen LogP contribution < -0.4 is 5.32 Å². The normalized spacial score (nSPS) is 38.9. The maximum Gasteiger partial charge on any atom is 0.223 e. The van der Waals surface area contributed by atoms with E-state index in [-0.39, 0.29) is 0 Å². The molecule has 3 aliphatic rings. The van der Waals surface area contributed by atoms with Crippen molar-refractivity contribution in [2.24, 2.45) is 29.6 Å². The first-order chi connectivity index (χ1) is 10.7. The lowest BCUT2D eigenvalue weighted by molar-refractivity contribution is -0.127. The van der Waals surface area contributed by atoms with Gasteiger partial charge < -0.3 is 5.32 Å². The van der Waals surface area contributed by atoms with Crippen LogP contribution in [0, 0.1) is 29.6 Å². The van der Waals surface area contributed by atoms with Crippen LogP contribution in [0.5, 0.6) is 0 Å². The van der Waals surface area contributed by atoms with E-state index in [4.69, 9.17) is 0 Å². The third kappa shape index (κ3) is 3.68. The Morgan fingerprint density at radius 1 is 1.09 bits per heavy atom. The Hall–Kier alpha value is -0.530. The second-order valence-corrected chi connectivity index (χ2v) is 8.50. The number of fused-ring (bicyclic) bond motifs is 2. The second-order valence-electron chi connectivity index (χ2n) is 8.50. The summed E-state index contributed by atoms with van der Waals surface area (Å²) in [5.74, 6) is 4.21. The summed E-state index contributed by atoms with van der Waals surface area (Å²) in [6.45, 7) is 4.53. The number of rotatable bonds is 6. The molecule has 0 heterocycles. The van der Waals surface area contributed by atoms with Crippen LogP contribution in [0.4, 0.5) is 0 Å². The Kier molecular flexibility index (Phi) is 5.46. The molecular formula is C20H35NO. The standard InChI is InChI=1S/C20H35NO/c1-3-4-5-15-6-9-17(10-7-15)20(22)21-14(2)19-13-16-8-11-18(19)12-16/h14-19H,3-13H2,1-2H3,(H,21,22). The Morgan fingerprint density at radius 3 is 2.45 bits per heavy atom. The van der Waals surface area contributed by atoms with Crippen molar-refractivity contribution in [2.75, 3.05) is 0 Å². The zero-order valence-corrected chi connectivity index (χ0v) is 14.7. The maximum absolute atomic E-state index is 12.6. The monoisotopic (exact) mass is 305 g/mol. The SMILES string of the molecule is CCCCC1CCC(C(=O)NC(C)C2CC3CCC2C3)CC1. The number of carbonyl (C=O) groups excluding carboxylic acids is 1. The van der Waals surface area contributed by atoms with Crippen molar-refractivity contribution in [3.63, 3.8) is 0 Å². The molecule has 126 valence electrons. The van der Waals surface area contributed by atoms with Crippen molar-refractivity contribution in [1.82, 2.24) is 5.32 Å². The van der Waals surface area contributed by atoms with Gasteiger partial charge in [-0.1, -0.05) is 32.6 Å². The Morgan fingerprint density at radius 2 is 1.86 bits per heavy atom. The topological polar surface area (TPSA) is 29.1 Å². The van der Waals surface area contributed by atoms with Crippen LogP contribution in [0.1, 0.15) is 84.5 Å². The lowest BCUT2D eigenvalue weighted by Gasteiger charge is -2.32. The maximum atomic E-state index is 12.6. The van der Waals surface area contributed by atoms with Gasteiger partial charge in [0.05, 0.1) is 0 Å². The summed E-state index contributed by atoms with van der Waals surface area (Å²) in [7, 11) is 0. The van der Waals surface area contributed by atoms with Gasteiger partial charge in [-0.2, -0.15) is 0 Å². The highest BCUT2D eigenvalue weighted by atomic mass is 16.1. The van der Waals surface area contributed by atoms with Gasteiger partial charge in [0, 0.05) is 12.0 Å². The summed E-state index contributed by atoms with van der Waals surface area (Å²) < 4.78 is 0. The third-order valence-corrected chi connectivity index (χ3v) is 6.99. The zero-order valence-electron chi connectivity index (χ0n) is 14.7. The van der Waals surface area contributed by atoms with Crippen LogP contribution in [0.2, 0.25) is 0 Å². The van der Waals surface area contributed by atoms with Gasteiger partial charge in [-0.3, -0.25) is 4.79 Å². The molecule has 3 aliphatic carbocycles. The second kappa shape index (κ2) is 7.36. The first kappa shape index (κ1) is 16.3. The van der Waals surface area contributed by atoms with Gasteiger partial charge >= 0.3 is 0 Å². The molecule has 3 rings (SSSR count). The molecule has 4 unspecified atom stereocenters. The minimum Gasteiger partial charge on any atom is -0.353 e. The largest absolute Gasteiger partial charge is 0.353 e. The van der Waals surface area contributed by atoms with Gasteiger partial charge in [0.1, 0.15) is 0 Å². The van der Waals surface area contributed by atoms with E-state index < -0.39 is 0 Å². The van der Waals surface area contributed by atoms with Crippen molar-refractivity contribution < 1.29 is 4.79 Å². The van der Waals surface area contributed by atoms with E-state index in [0.29, 0.717) is 17.9 Å². The molecule has 3 fully saturated rings. The molecule has 2 heteroatoms. The van der Waals surface area contributed by atoms with E-state index in [1.54, 1.807) is 0 Å². The van der Waals surface area contributed by atoms with Crippen molar-refractivity contribution in [1.29, 1.82) is 0 Å². The molecule has 22 heavy (non-hydrogen) atoms. The average Bonchev–Trinajstić information content (AvgIpc) is 3.16. The predicted octanol–water partition coefficient (Wildman–Crippen LogP) is 4.92. The average molecular weight is 306 g/mol. The number of unbranched alkanes of at least 4 members (excludes halogenated alkanes) is 1. The number of hydrogen-bond donors (Lipinski definition) is 1. The van der Waals surface area contributed by atoms with Gasteiger partial charge in [-0.15, -0.1) is 0 Å². The molecule has 4 atom stereocenters. The van der Waals surface area contributed by atoms with E-state index >= 15 is 0 Å². The van der Waals surface area contributed by atoms with Crippen LogP contribution >= 0.6 is 0 Å². The Labute approximate surface area is 136 Å². The van der Waals surface area contributed by atoms with Crippen molar-refractivity contribution >= 4 is 5.91 Å². The van der Waals surface area contributed by atoms with Crippen LogP contribution in [0.15, 0.2) is 0 Å². The minimum absolute atomic E-state index is 0.305. The lowest BCUT2D eigenvalue weighted by atomic mass is 9.79. The molecule has 0 aromatic rings. The van der Waals surface area contributed by atoms with E-state index in [1.165, 1.54) is 57.8 Å². The Balaban J connectivity index is 1.41. The van der Waals surface area contributed by atoms with Gasteiger partial charge in [-0.05, 0) is 75.5 Å². The first-order valence-electron chi connectivity index (χ1n) is 9.97. The summed E-state index contributed by atoms with van der Waals surface area (Å²) in [5, 5.41) is 3.40. The molecule has 3 saturated carbocycles. The molecule has 0 aliphatic heterocycles. The van der Waals surface area contributed by atoms with Crippen LogP contribution in [-0.2, 0) is 4.79 Å². The molecule has 0 aromatic heterocycles. The summed E-state index contributed by atoms with van der Waals surface area (Å²) in [6.07, 6.45) is 14.5. The highest BCUT2D eigenvalue weighted by molar-refractivity contribution is 5.79. The van der Waals surface area contributed by atoms with Crippen LogP contribution in [0.3, 0.4) is 0 Å². The zero-order chi connectivity index (χ0) is 15.5. The quantitative estimate of drug-likeness (QED) is 0.741. The number of hydrogen-bond acceptors (Lipinski definition) is 1. The van der Waals surface area contributed by atoms with Crippen LogP contribution in [0.25, 0.3) is 0 Å². The fraction of sp³-hybridized carbons (Fsp3) is 0.950. The highest BCUT2D eigenvalue weighted by Crippen LogP contribution is 2.49. The molecule has 2 nitrogen and oxygen atoms in total. The van der Waals surface area contributed by atoms with Crippen molar-refractivity contribution in [3.8, 4) is 0 Å². The molecule has 1 N–H and O–H groups in total. The summed E-state index contributed by atoms with van der Waals surface area (Å²) in [6, 6.07) is 0.403. The summed E-state index contributed by atoms with van der Waals surface area (Å²) in [5.41, 5.74) is 0. The fourth-order valence-corrected chi connectivity index (χ4v) is 5.56. The van der Waals surface area contributed by atoms with E-state index in [9.17, 15) is 4.79 Å². The molecule has 1 amide bonds. The number of carbonyl (C=O) groups is 1. The molecule has 0 radical (unpaired) electrons. The molecule has 0 aromatic carbocycles. The molecule has 0 spiro atoms. The number of nitrogens with one attached hydrogen (secondary N) is 1. The summed E-state index contributed by atoms with van der Waals surface area (Å²) in [4.78, 5) is 12.6. The fourth-order valence-electron chi connectivity index (χ4n) is 5.56. The van der Waals surface area contributed by atoms with Gasteiger partial charge in [0.2, 0.25) is 5.91 Å². The van der Waals surface area contributed by atoms with Gasteiger partial charge in [0.15, 0.2) is 0 Å². The van der Waals surface area contributed by atoms with E-state index in [2.05, 4.69) is 19.2 Å². The third-order valence-electron chi connectivity index (χ3n) is 6.99. The molecule has 2 bridgehead atoms. The van der Waals surface area contributed by atoms with E-state index in [1.807, 2.05) is 0 Å². The van der Waals surface area contributed by atoms with Crippen LogP contribution in [-0.4, -0.2) is 11.9 Å². The minimum atomic E-state index is 0.305. The summed E-state index contributed by atoms with van der Waals surface area (Å²) >= 11 is 0. The highest BCUT2D eigenvalue weighted by Gasteiger charge is 2.42. The Bertz CT molecular complexity index is 372. The van der Waals surface area contributed by atoms with E-state index in [0.717, 1.165) is 36.5 Å². The smallest absolute Gasteiger partial charge is 0.223 e. The predicted molar refractivity (Wildman–Crippen MR) is 91.5 cm³/mol. The first-order valence-corrected chi connectivity index (χ1v) is 9.97. The van der Waals surface area contributed by atoms with Crippen molar-refractivity contribution in [2.45, 2.75) is 90.5 Å².